The van der Waals surface area contributed by atoms with E-state index in [1.807, 2.05) is 0 Å². The van der Waals surface area contributed by atoms with Gasteiger partial charge in [-0.1, -0.05) is 6.07 Å². The van der Waals surface area contributed by atoms with E-state index in [9.17, 15) is 8.42 Å². The standard InChI is InChI=1S/C11H18N2O4S/c1-8(7-12)13-18(14,15)11-9(16-2)5-4-6-10(11)17-3/h4-6,8,13H,7,12H2,1-3H3/t8-/m0/s1. The topological polar surface area (TPSA) is 90.6 Å². The molecule has 0 radical (unpaired) electrons. The summed E-state index contributed by atoms with van der Waals surface area (Å²) in [5.41, 5.74) is 5.41. The van der Waals surface area contributed by atoms with Gasteiger partial charge in [0.1, 0.15) is 11.5 Å². The highest BCUT2D eigenvalue weighted by Crippen LogP contribution is 2.32. The van der Waals surface area contributed by atoms with Crippen molar-refractivity contribution in [1.29, 1.82) is 0 Å². The number of nitrogens with one attached hydrogen (secondary N) is 1. The van der Waals surface area contributed by atoms with Crippen LogP contribution in [-0.2, 0) is 10.0 Å². The molecule has 3 N–H and O–H groups in total. The molecule has 0 aliphatic rings. The first-order valence-corrected chi connectivity index (χ1v) is 6.88. The molecule has 0 fully saturated rings. The van der Waals surface area contributed by atoms with E-state index in [0.29, 0.717) is 0 Å². The van der Waals surface area contributed by atoms with Gasteiger partial charge in [-0.3, -0.25) is 0 Å². The minimum Gasteiger partial charge on any atom is -0.495 e. The van der Waals surface area contributed by atoms with Crippen LogP contribution in [0.15, 0.2) is 23.1 Å². The summed E-state index contributed by atoms with van der Waals surface area (Å²) >= 11 is 0. The highest BCUT2D eigenvalue weighted by atomic mass is 32.2. The quantitative estimate of drug-likeness (QED) is 0.780. The zero-order valence-electron chi connectivity index (χ0n) is 10.6. The van der Waals surface area contributed by atoms with Crippen LogP contribution >= 0.6 is 0 Å². The second-order valence-electron chi connectivity index (χ2n) is 3.75. The molecule has 0 heterocycles. The summed E-state index contributed by atoms with van der Waals surface area (Å²) in [6.07, 6.45) is 0. The Morgan fingerprint density at radius 2 is 1.78 bits per heavy atom. The minimum atomic E-state index is -3.74. The SMILES string of the molecule is COc1cccc(OC)c1S(=O)(=O)N[C@@H](C)CN. The Labute approximate surface area is 107 Å². The van der Waals surface area contributed by atoms with Crippen molar-refractivity contribution in [2.75, 3.05) is 20.8 Å². The number of benzene rings is 1. The molecule has 0 bridgehead atoms. The van der Waals surface area contributed by atoms with Crippen LogP contribution in [0.2, 0.25) is 0 Å². The summed E-state index contributed by atoms with van der Waals surface area (Å²) in [5.74, 6) is 0.456. The van der Waals surface area contributed by atoms with Crippen molar-refractivity contribution in [2.24, 2.45) is 5.73 Å². The van der Waals surface area contributed by atoms with Crippen LogP contribution in [0.5, 0.6) is 11.5 Å². The lowest BCUT2D eigenvalue weighted by Crippen LogP contribution is -2.38. The van der Waals surface area contributed by atoms with Gasteiger partial charge in [-0.25, -0.2) is 13.1 Å². The molecule has 7 heteroatoms. The second kappa shape index (κ2) is 6.03. The molecular formula is C11H18N2O4S. The van der Waals surface area contributed by atoms with Gasteiger partial charge in [0.15, 0.2) is 4.90 Å². The molecule has 0 saturated heterocycles. The van der Waals surface area contributed by atoms with Crippen LogP contribution in [0.1, 0.15) is 6.92 Å². The van der Waals surface area contributed by atoms with Crippen LogP contribution in [0.25, 0.3) is 0 Å². The molecule has 1 aromatic rings. The first-order valence-electron chi connectivity index (χ1n) is 5.39. The fourth-order valence-corrected chi connectivity index (χ4v) is 3.03. The molecule has 1 rings (SSSR count). The number of methoxy groups -OCH3 is 2. The predicted molar refractivity (Wildman–Crippen MR) is 68.4 cm³/mol. The average Bonchev–Trinajstić information content (AvgIpc) is 2.36. The minimum absolute atomic E-state index is 0.0182. The third-order valence-corrected chi connectivity index (χ3v) is 4.01. The Bertz CT molecular complexity index is 480. The average molecular weight is 274 g/mol. The molecule has 0 aromatic heterocycles. The summed E-state index contributed by atoms with van der Waals surface area (Å²) in [7, 11) is -0.931. The highest BCUT2D eigenvalue weighted by molar-refractivity contribution is 7.89. The van der Waals surface area contributed by atoms with Crippen molar-refractivity contribution in [3.05, 3.63) is 18.2 Å². The maximum absolute atomic E-state index is 12.2. The van der Waals surface area contributed by atoms with E-state index in [-0.39, 0.29) is 29.0 Å². The van der Waals surface area contributed by atoms with Gasteiger partial charge in [0.25, 0.3) is 0 Å². The summed E-state index contributed by atoms with van der Waals surface area (Å²) in [5, 5.41) is 0. The molecule has 1 aromatic carbocycles. The number of hydrogen-bond acceptors (Lipinski definition) is 5. The Morgan fingerprint density at radius 1 is 1.28 bits per heavy atom. The largest absolute Gasteiger partial charge is 0.495 e. The van der Waals surface area contributed by atoms with Crippen molar-refractivity contribution in [3.63, 3.8) is 0 Å². The van der Waals surface area contributed by atoms with E-state index in [1.165, 1.54) is 14.2 Å². The molecule has 0 unspecified atom stereocenters. The van der Waals surface area contributed by atoms with E-state index in [1.54, 1.807) is 25.1 Å². The first kappa shape index (κ1) is 14.7. The molecule has 0 spiro atoms. The lowest BCUT2D eigenvalue weighted by Gasteiger charge is -2.16. The first-order chi connectivity index (χ1) is 8.46. The Kier molecular flexibility index (Phi) is 4.94. The fourth-order valence-electron chi connectivity index (χ4n) is 1.45. The van der Waals surface area contributed by atoms with Gasteiger partial charge in [-0.15, -0.1) is 0 Å². The number of rotatable bonds is 6. The molecule has 102 valence electrons. The van der Waals surface area contributed by atoms with E-state index in [0.717, 1.165) is 0 Å². The van der Waals surface area contributed by atoms with Gasteiger partial charge in [-0.2, -0.15) is 0 Å². The number of sulfonamides is 1. The molecule has 6 nitrogen and oxygen atoms in total. The maximum atomic E-state index is 12.2. The third-order valence-electron chi connectivity index (χ3n) is 2.36. The van der Waals surface area contributed by atoms with Crippen molar-refractivity contribution < 1.29 is 17.9 Å². The molecule has 1 atom stereocenters. The zero-order valence-corrected chi connectivity index (χ0v) is 11.5. The summed E-state index contributed by atoms with van der Waals surface area (Å²) in [6.45, 7) is 1.89. The monoisotopic (exact) mass is 274 g/mol. The van der Waals surface area contributed by atoms with Gasteiger partial charge in [0, 0.05) is 12.6 Å². The van der Waals surface area contributed by atoms with Gasteiger partial charge >= 0.3 is 0 Å². The number of ether oxygens (including phenoxy) is 2. The summed E-state index contributed by atoms with van der Waals surface area (Å²) in [4.78, 5) is -0.0182. The van der Waals surface area contributed by atoms with Gasteiger partial charge < -0.3 is 15.2 Å². The van der Waals surface area contributed by atoms with Crippen molar-refractivity contribution in [2.45, 2.75) is 17.9 Å². The van der Waals surface area contributed by atoms with Crippen LogP contribution in [0.4, 0.5) is 0 Å². The Balaban J connectivity index is 3.30. The third kappa shape index (κ3) is 3.12. The van der Waals surface area contributed by atoms with Crippen molar-refractivity contribution >= 4 is 10.0 Å². The van der Waals surface area contributed by atoms with Gasteiger partial charge in [0.2, 0.25) is 10.0 Å². The normalized spacial score (nSPS) is 13.1. The van der Waals surface area contributed by atoms with Crippen LogP contribution < -0.4 is 19.9 Å². The molecule has 18 heavy (non-hydrogen) atoms. The lowest BCUT2D eigenvalue weighted by molar-refractivity contribution is 0.372. The zero-order chi connectivity index (χ0) is 13.8. The highest BCUT2D eigenvalue weighted by Gasteiger charge is 2.25. The molecule has 0 aliphatic heterocycles. The van der Waals surface area contributed by atoms with Crippen LogP contribution in [-0.4, -0.2) is 35.2 Å². The second-order valence-corrected chi connectivity index (χ2v) is 5.40. The summed E-state index contributed by atoms with van der Waals surface area (Å²) in [6, 6.07) is 4.40. The number of nitrogens with two attached hydrogens (primary N) is 1. The molecule has 0 saturated carbocycles. The van der Waals surface area contributed by atoms with Gasteiger partial charge in [-0.05, 0) is 19.1 Å². The van der Waals surface area contributed by atoms with Crippen molar-refractivity contribution in [3.8, 4) is 11.5 Å². The van der Waals surface area contributed by atoms with Crippen LogP contribution in [0, 0.1) is 0 Å². The molecule has 0 amide bonds. The van der Waals surface area contributed by atoms with Crippen LogP contribution in [0.3, 0.4) is 0 Å². The Morgan fingerprint density at radius 3 is 2.17 bits per heavy atom. The number of hydrogen-bond donors (Lipinski definition) is 2. The van der Waals surface area contributed by atoms with E-state index < -0.39 is 10.0 Å². The predicted octanol–water partition coefficient (Wildman–Crippen LogP) is 0.329. The van der Waals surface area contributed by atoms with E-state index >= 15 is 0 Å². The molecular weight excluding hydrogens is 256 g/mol. The van der Waals surface area contributed by atoms with E-state index in [2.05, 4.69) is 4.72 Å². The fraction of sp³-hybridized carbons (Fsp3) is 0.455. The maximum Gasteiger partial charge on any atom is 0.248 e. The Hall–Kier alpha value is -1.31. The summed E-state index contributed by atoms with van der Waals surface area (Å²) < 4.78 is 37.0. The van der Waals surface area contributed by atoms with Crippen molar-refractivity contribution in [1.82, 2.24) is 4.72 Å². The van der Waals surface area contributed by atoms with E-state index in [4.69, 9.17) is 15.2 Å². The van der Waals surface area contributed by atoms with Gasteiger partial charge in [0.05, 0.1) is 14.2 Å². The smallest absolute Gasteiger partial charge is 0.248 e. The molecule has 0 aliphatic carbocycles. The lowest BCUT2D eigenvalue weighted by atomic mass is 10.3.